The molecule has 1 amide bonds. The highest BCUT2D eigenvalue weighted by atomic mass is 19.1. The minimum Gasteiger partial charge on any atom is -0.496 e. The van der Waals surface area contributed by atoms with Crippen LogP contribution in [0.15, 0.2) is 72.9 Å². The zero-order chi connectivity index (χ0) is 29.8. The number of hydrogen-bond acceptors (Lipinski definition) is 5. The molecule has 0 bridgehead atoms. The van der Waals surface area contributed by atoms with Gasteiger partial charge in [-0.2, -0.15) is 0 Å². The van der Waals surface area contributed by atoms with Gasteiger partial charge in [0.15, 0.2) is 0 Å². The predicted octanol–water partition coefficient (Wildman–Crippen LogP) is 6.73. The van der Waals surface area contributed by atoms with Gasteiger partial charge in [-0.05, 0) is 96.9 Å². The molecular weight excluding hydrogens is 533 g/mol. The number of rotatable bonds is 8. The van der Waals surface area contributed by atoms with Gasteiger partial charge in [-0.15, -0.1) is 0 Å². The molecule has 4 aromatic rings. The summed E-state index contributed by atoms with van der Waals surface area (Å²) in [6.45, 7) is 5.36. The summed E-state index contributed by atoms with van der Waals surface area (Å²) in [6, 6.07) is 20.2. The Kier molecular flexibility index (Phi) is 8.64. The summed E-state index contributed by atoms with van der Waals surface area (Å²) in [5.41, 5.74) is 6.79. The highest BCUT2D eigenvalue weighted by Crippen LogP contribution is 2.38. The van der Waals surface area contributed by atoms with Crippen molar-refractivity contribution in [3.05, 3.63) is 101 Å². The lowest BCUT2D eigenvalue weighted by Gasteiger charge is -2.31. The Bertz CT molecular complexity index is 1620. The number of hydrogen-bond donors (Lipinski definition) is 2. The predicted molar refractivity (Wildman–Crippen MR) is 161 cm³/mol. The molecule has 216 valence electrons. The second-order valence-electron chi connectivity index (χ2n) is 10.7. The molecule has 5 rings (SSSR count). The van der Waals surface area contributed by atoms with E-state index in [9.17, 15) is 14.7 Å². The Labute approximate surface area is 245 Å². The first-order valence-corrected chi connectivity index (χ1v) is 14.0. The van der Waals surface area contributed by atoms with E-state index in [0.717, 1.165) is 40.8 Å². The standard InChI is InChI=1S/C34H34FN3O4/c1-21-25(24-17-29(35)28(32(18-24)42-3)20-38-16-8-9-23(19-38)34(40)41)10-6-11-26(21)27-12-7-14-30(22(27)2)37-33(39)31-13-4-5-15-36-31/h4-7,10-15,17-18,23H,8-9,16,19-20H2,1-3H3,(H,37,39)(H,40,41)/t23-/m1/s1. The minimum atomic E-state index is -0.811. The molecule has 0 saturated carbocycles. The molecule has 3 aromatic carbocycles. The summed E-state index contributed by atoms with van der Waals surface area (Å²) in [4.78, 5) is 30.4. The van der Waals surface area contributed by atoms with Gasteiger partial charge in [0.05, 0.1) is 13.0 Å². The largest absolute Gasteiger partial charge is 0.496 e. The van der Waals surface area contributed by atoms with E-state index >= 15 is 4.39 Å². The number of carboxylic acids is 1. The molecule has 0 radical (unpaired) electrons. The van der Waals surface area contributed by atoms with E-state index < -0.39 is 11.9 Å². The Balaban J connectivity index is 1.45. The number of halogens is 1. The van der Waals surface area contributed by atoms with Gasteiger partial charge in [0.1, 0.15) is 17.3 Å². The number of anilines is 1. The van der Waals surface area contributed by atoms with Crippen molar-refractivity contribution in [2.45, 2.75) is 33.2 Å². The van der Waals surface area contributed by atoms with Crippen molar-refractivity contribution < 1.29 is 23.8 Å². The number of methoxy groups -OCH3 is 1. The number of ether oxygens (including phenoxy) is 1. The number of likely N-dealkylation sites (tertiary alicyclic amines) is 1. The Morgan fingerprint density at radius 3 is 2.48 bits per heavy atom. The van der Waals surface area contributed by atoms with E-state index in [0.29, 0.717) is 41.2 Å². The zero-order valence-electron chi connectivity index (χ0n) is 24.0. The highest BCUT2D eigenvalue weighted by Gasteiger charge is 2.27. The first-order valence-electron chi connectivity index (χ1n) is 14.0. The molecule has 2 N–H and O–H groups in total. The van der Waals surface area contributed by atoms with Gasteiger partial charge in [-0.25, -0.2) is 4.39 Å². The van der Waals surface area contributed by atoms with Crippen LogP contribution in [0, 0.1) is 25.6 Å². The van der Waals surface area contributed by atoms with Crippen LogP contribution in [0.4, 0.5) is 10.1 Å². The maximum Gasteiger partial charge on any atom is 0.307 e. The molecule has 1 saturated heterocycles. The van der Waals surface area contributed by atoms with Crippen LogP contribution < -0.4 is 10.1 Å². The Morgan fingerprint density at radius 1 is 1.02 bits per heavy atom. The molecule has 1 aromatic heterocycles. The molecule has 8 heteroatoms. The molecule has 2 heterocycles. The van der Waals surface area contributed by atoms with Crippen LogP contribution in [0.25, 0.3) is 22.3 Å². The van der Waals surface area contributed by atoms with Gasteiger partial charge < -0.3 is 15.2 Å². The monoisotopic (exact) mass is 567 g/mol. The van der Waals surface area contributed by atoms with Crippen LogP contribution in [0.5, 0.6) is 5.75 Å². The van der Waals surface area contributed by atoms with Gasteiger partial charge in [-0.1, -0.05) is 36.4 Å². The minimum absolute atomic E-state index is 0.285. The normalized spacial score (nSPS) is 15.3. The molecule has 1 fully saturated rings. The molecule has 0 aliphatic carbocycles. The van der Waals surface area contributed by atoms with Crippen molar-refractivity contribution in [2.24, 2.45) is 5.92 Å². The van der Waals surface area contributed by atoms with Crippen molar-refractivity contribution in [1.82, 2.24) is 9.88 Å². The van der Waals surface area contributed by atoms with Crippen LogP contribution in [0.1, 0.15) is 40.0 Å². The third-order valence-corrected chi connectivity index (χ3v) is 8.03. The number of amides is 1. The van der Waals surface area contributed by atoms with Crippen LogP contribution >= 0.6 is 0 Å². The third-order valence-electron chi connectivity index (χ3n) is 8.03. The summed E-state index contributed by atoms with van der Waals surface area (Å²) >= 11 is 0. The van der Waals surface area contributed by atoms with Gasteiger partial charge in [-0.3, -0.25) is 19.5 Å². The fourth-order valence-electron chi connectivity index (χ4n) is 5.71. The van der Waals surface area contributed by atoms with E-state index in [2.05, 4.69) is 10.3 Å². The number of benzene rings is 3. The van der Waals surface area contributed by atoms with Crippen LogP contribution in [-0.2, 0) is 11.3 Å². The number of nitrogens with one attached hydrogen (secondary N) is 1. The van der Waals surface area contributed by atoms with Gasteiger partial charge in [0.25, 0.3) is 5.91 Å². The summed E-state index contributed by atoms with van der Waals surface area (Å²) in [5, 5.41) is 12.4. The fraction of sp³-hybridized carbons (Fsp3) is 0.265. The molecular formula is C34H34FN3O4. The second-order valence-corrected chi connectivity index (χ2v) is 10.7. The third kappa shape index (κ3) is 6.04. The number of aromatic nitrogens is 1. The number of pyridine rings is 1. The van der Waals surface area contributed by atoms with Crippen molar-refractivity contribution in [1.29, 1.82) is 0 Å². The number of piperidine rings is 1. The average molecular weight is 568 g/mol. The number of nitrogens with zero attached hydrogens (tertiary/aromatic N) is 2. The maximum absolute atomic E-state index is 15.7. The van der Waals surface area contributed by atoms with Crippen molar-refractivity contribution >= 4 is 17.6 Å². The van der Waals surface area contributed by atoms with Crippen molar-refractivity contribution in [3.8, 4) is 28.0 Å². The number of carbonyl (C=O) groups excluding carboxylic acids is 1. The van der Waals surface area contributed by atoms with Crippen LogP contribution in [0.2, 0.25) is 0 Å². The molecule has 1 atom stereocenters. The molecule has 42 heavy (non-hydrogen) atoms. The van der Waals surface area contributed by atoms with Gasteiger partial charge in [0, 0.05) is 30.5 Å². The van der Waals surface area contributed by atoms with Crippen LogP contribution in [0.3, 0.4) is 0 Å². The van der Waals surface area contributed by atoms with Crippen LogP contribution in [-0.4, -0.2) is 47.1 Å². The second kappa shape index (κ2) is 12.5. The lowest BCUT2D eigenvalue weighted by Crippen LogP contribution is -2.38. The lowest BCUT2D eigenvalue weighted by molar-refractivity contribution is -0.143. The van der Waals surface area contributed by atoms with E-state index in [1.165, 1.54) is 13.2 Å². The van der Waals surface area contributed by atoms with Gasteiger partial charge >= 0.3 is 5.97 Å². The Hall–Kier alpha value is -4.56. The zero-order valence-corrected chi connectivity index (χ0v) is 24.0. The number of carboxylic acid groups (broad SMARTS) is 1. The molecule has 0 unspecified atom stereocenters. The lowest BCUT2D eigenvalue weighted by atomic mass is 9.90. The van der Waals surface area contributed by atoms with E-state index in [4.69, 9.17) is 4.74 Å². The van der Waals surface area contributed by atoms with Gasteiger partial charge in [0.2, 0.25) is 0 Å². The Morgan fingerprint density at radius 2 is 1.76 bits per heavy atom. The van der Waals surface area contributed by atoms with Crippen molar-refractivity contribution in [2.75, 3.05) is 25.5 Å². The SMILES string of the molecule is COc1cc(-c2cccc(-c3cccc(NC(=O)c4ccccn4)c3C)c2C)cc(F)c1CN1CCC[C@@H](C(=O)O)C1. The summed E-state index contributed by atoms with van der Waals surface area (Å²) in [5.74, 6) is -1.49. The molecule has 7 nitrogen and oxygen atoms in total. The summed E-state index contributed by atoms with van der Waals surface area (Å²) in [6.07, 6.45) is 2.98. The van der Waals surface area contributed by atoms with Crippen molar-refractivity contribution in [3.63, 3.8) is 0 Å². The van der Waals surface area contributed by atoms with E-state index in [-0.39, 0.29) is 18.3 Å². The van der Waals surface area contributed by atoms with E-state index in [1.807, 2.05) is 61.2 Å². The van der Waals surface area contributed by atoms with E-state index in [1.54, 1.807) is 24.4 Å². The highest BCUT2D eigenvalue weighted by molar-refractivity contribution is 6.03. The molecule has 0 spiro atoms. The molecule has 1 aliphatic rings. The fourth-order valence-corrected chi connectivity index (χ4v) is 5.71. The first kappa shape index (κ1) is 29.0. The number of carbonyl (C=O) groups is 2. The number of aliphatic carboxylic acids is 1. The molecule has 1 aliphatic heterocycles. The first-order chi connectivity index (χ1) is 20.3. The summed E-state index contributed by atoms with van der Waals surface area (Å²) in [7, 11) is 1.52. The maximum atomic E-state index is 15.7. The smallest absolute Gasteiger partial charge is 0.307 e. The summed E-state index contributed by atoms with van der Waals surface area (Å²) < 4.78 is 21.3. The quantitative estimate of drug-likeness (QED) is 0.245. The average Bonchev–Trinajstić information content (AvgIpc) is 3.00. The topological polar surface area (TPSA) is 91.8 Å².